The van der Waals surface area contributed by atoms with Crippen molar-refractivity contribution < 1.29 is 5.11 Å². The number of benzene rings is 4. The van der Waals surface area contributed by atoms with Crippen LogP contribution in [0.1, 0.15) is 35.4 Å². The number of H-pyrrole nitrogens is 1. The molecular weight excluding hydrogens is 524 g/mol. The molecule has 5 heteroatoms. The van der Waals surface area contributed by atoms with Crippen molar-refractivity contribution in [2.75, 3.05) is 13.1 Å². The van der Waals surface area contributed by atoms with Gasteiger partial charge in [-0.1, -0.05) is 88.7 Å². The molecule has 0 amide bonds. The molecule has 1 aliphatic heterocycles. The van der Waals surface area contributed by atoms with Gasteiger partial charge in [0.05, 0.1) is 5.60 Å². The van der Waals surface area contributed by atoms with E-state index in [-0.39, 0.29) is 5.56 Å². The lowest BCUT2D eigenvalue weighted by Crippen LogP contribution is -2.49. The van der Waals surface area contributed by atoms with E-state index in [1.807, 2.05) is 42.5 Å². The van der Waals surface area contributed by atoms with Crippen LogP contribution in [0.2, 0.25) is 0 Å². The number of nitrogens with one attached hydrogen (secondary N) is 1. The van der Waals surface area contributed by atoms with Gasteiger partial charge in [-0.3, -0.25) is 9.69 Å². The Bertz CT molecular complexity index is 1620. The average molecular weight is 554 g/mol. The van der Waals surface area contributed by atoms with Crippen molar-refractivity contribution in [3.8, 4) is 0 Å². The molecule has 4 aromatic carbocycles. The molecular formula is C32H29BrN2O2. The second-order valence-corrected chi connectivity index (χ2v) is 11.1. The van der Waals surface area contributed by atoms with Crippen molar-refractivity contribution in [2.24, 2.45) is 0 Å². The SMILES string of the molecule is O=c1[nH]c2ccc(Br)cc2cc1C(c1ccc2ccccc2c1)C1(O)CCN(Cc2ccccc2)CC1. The van der Waals surface area contributed by atoms with Gasteiger partial charge in [-0.2, -0.15) is 0 Å². The topological polar surface area (TPSA) is 56.3 Å². The third-order valence-electron chi connectivity index (χ3n) is 7.76. The maximum Gasteiger partial charge on any atom is 0.252 e. The van der Waals surface area contributed by atoms with Crippen LogP contribution in [0.25, 0.3) is 21.7 Å². The lowest BCUT2D eigenvalue weighted by atomic mass is 9.72. The first-order valence-electron chi connectivity index (χ1n) is 12.8. The van der Waals surface area contributed by atoms with Gasteiger partial charge in [0.2, 0.25) is 0 Å². The van der Waals surface area contributed by atoms with E-state index < -0.39 is 11.5 Å². The maximum absolute atomic E-state index is 13.5. The van der Waals surface area contributed by atoms with Crippen LogP contribution < -0.4 is 5.56 Å². The van der Waals surface area contributed by atoms with Gasteiger partial charge in [0.25, 0.3) is 5.56 Å². The summed E-state index contributed by atoms with van der Waals surface area (Å²) in [5, 5.41) is 15.5. The number of hydrogen-bond acceptors (Lipinski definition) is 3. The van der Waals surface area contributed by atoms with Crippen LogP contribution in [0.4, 0.5) is 0 Å². The summed E-state index contributed by atoms with van der Waals surface area (Å²) >= 11 is 3.56. The number of pyridine rings is 1. The van der Waals surface area contributed by atoms with Crippen LogP contribution in [0.5, 0.6) is 0 Å². The fourth-order valence-corrected chi connectivity index (χ4v) is 6.18. The van der Waals surface area contributed by atoms with Gasteiger partial charge in [-0.15, -0.1) is 0 Å². The molecule has 4 nitrogen and oxygen atoms in total. The summed E-state index contributed by atoms with van der Waals surface area (Å²) in [5.41, 5.74) is 2.46. The van der Waals surface area contributed by atoms with E-state index in [2.05, 4.69) is 80.4 Å². The fourth-order valence-electron chi connectivity index (χ4n) is 5.80. The van der Waals surface area contributed by atoms with Gasteiger partial charge in [0.1, 0.15) is 0 Å². The summed E-state index contributed by atoms with van der Waals surface area (Å²) in [7, 11) is 0. The van der Waals surface area contributed by atoms with Gasteiger partial charge in [0.15, 0.2) is 0 Å². The molecule has 2 heterocycles. The van der Waals surface area contributed by atoms with E-state index >= 15 is 0 Å². The quantitative estimate of drug-likeness (QED) is 0.258. The minimum absolute atomic E-state index is 0.145. The molecule has 1 aromatic heterocycles. The van der Waals surface area contributed by atoms with Crippen molar-refractivity contribution in [3.05, 3.63) is 129 Å². The second kappa shape index (κ2) is 9.90. The van der Waals surface area contributed by atoms with E-state index in [1.165, 1.54) is 5.56 Å². The zero-order valence-corrected chi connectivity index (χ0v) is 22.1. The summed E-state index contributed by atoms with van der Waals surface area (Å²) in [4.78, 5) is 19.0. The highest BCUT2D eigenvalue weighted by Crippen LogP contribution is 2.42. The number of halogens is 1. The van der Waals surface area contributed by atoms with Gasteiger partial charge >= 0.3 is 0 Å². The Balaban J connectivity index is 1.41. The molecule has 0 spiro atoms. The average Bonchev–Trinajstić information content (AvgIpc) is 2.91. The number of rotatable bonds is 5. The highest BCUT2D eigenvalue weighted by atomic mass is 79.9. The molecule has 0 radical (unpaired) electrons. The fraction of sp³-hybridized carbons (Fsp3) is 0.219. The summed E-state index contributed by atoms with van der Waals surface area (Å²) in [6.07, 6.45) is 1.18. The number of aromatic amines is 1. The lowest BCUT2D eigenvalue weighted by molar-refractivity contribution is -0.0357. The number of aliphatic hydroxyl groups is 1. The molecule has 1 saturated heterocycles. The largest absolute Gasteiger partial charge is 0.389 e. The van der Waals surface area contributed by atoms with E-state index in [0.29, 0.717) is 18.4 Å². The van der Waals surface area contributed by atoms with E-state index in [9.17, 15) is 9.90 Å². The van der Waals surface area contributed by atoms with E-state index in [4.69, 9.17) is 0 Å². The van der Waals surface area contributed by atoms with Crippen molar-refractivity contribution in [1.29, 1.82) is 0 Å². The van der Waals surface area contributed by atoms with Crippen LogP contribution in [-0.4, -0.2) is 33.7 Å². The van der Waals surface area contributed by atoms with Crippen LogP contribution in [0, 0.1) is 0 Å². The summed E-state index contributed by atoms with van der Waals surface area (Å²) < 4.78 is 0.952. The molecule has 5 aromatic rings. The number of likely N-dealkylation sites (tertiary alicyclic amines) is 1. The minimum atomic E-state index is -1.04. The Morgan fingerprint density at radius 3 is 2.35 bits per heavy atom. The van der Waals surface area contributed by atoms with E-state index in [0.717, 1.165) is 51.3 Å². The van der Waals surface area contributed by atoms with Crippen molar-refractivity contribution >= 4 is 37.6 Å². The molecule has 0 bridgehead atoms. The Morgan fingerprint density at radius 2 is 1.57 bits per heavy atom. The first-order valence-corrected chi connectivity index (χ1v) is 13.6. The Kier molecular flexibility index (Phi) is 6.45. The van der Waals surface area contributed by atoms with Crippen LogP contribution in [0.3, 0.4) is 0 Å². The zero-order chi connectivity index (χ0) is 25.4. The first-order chi connectivity index (χ1) is 18.0. The number of piperidine rings is 1. The number of hydrogen-bond donors (Lipinski definition) is 2. The van der Waals surface area contributed by atoms with Gasteiger partial charge in [-0.25, -0.2) is 0 Å². The number of fused-ring (bicyclic) bond motifs is 2. The lowest BCUT2D eigenvalue weighted by Gasteiger charge is -2.43. The smallest absolute Gasteiger partial charge is 0.252 e. The monoisotopic (exact) mass is 552 g/mol. The van der Waals surface area contributed by atoms with E-state index in [1.54, 1.807) is 0 Å². The molecule has 1 aliphatic rings. The molecule has 0 saturated carbocycles. The van der Waals surface area contributed by atoms with Crippen molar-refractivity contribution in [1.82, 2.24) is 9.88 Å². The summed E-state index contributed by atoms with van der Waals surface area (Å²) in [6.45, 7) is 2.40. The maximum atomic E-state index is 13.5. The number of aromatic nitrogens is 1. The van der Waals surface area contributed by atoms with Gasteiger partial charge in [-0.05, 0) is 64.4 Å². The predicted molar refractivity (Wildman–Crippen MR) is 154 cm³/mol. The molecule has 1 fully saturated rings. The molecule has 37 heavy (non-hydrogen) atoms. The van der Waals surface area contributed by atoms with Crippen molar-refractivity contribution in [3.63, 3.8) is 0 Å². The Morgan fingerprint density at radius 1 is 0.838 bits per heavy atom. The van der Waals surface area contributed by atoms with Gasteiger partial charge < -0.3 is 10.1 Å². The van der Waals surface area contributed by atoms with Crippen LogP contribution in [0.15, 0.2) is 106 Å². The standard InChI is InChI=1S/C32H29BrN2O2/c33-27-12-13-29-26(19-27)20-28(31(36)34-29)30(25-11-10-23-8-4-5-9-24(23)18-25)32(37)14-16-35(17-15-32)21-22-6-2-1-3-7-22/h1-13,18-20,30,37H,14-17,21H2,(H,34,36). The first kappa shape index (κ1) is 24.1. The Labute approximate surface area is 224 Å². The highest BCUT2D eigenvalue weighted by Gasteiger charge is 2.42. The zero-order valence-electron chi connectivity index (χ0n) is 20.5. The number of nitrogens with zero attached hydrogens (tertiary/aromatic N) is 1. The summed E-state index contributed by atoms with van der Waals surface area (Å²) in [6, 6.07) is 32.8. The van der Waals surface area contributed by atoms with Gasteiger partial charge in [0, 0.05) is 41.1 Å². The van der Waals surface area contributed by atoms with Crippen LogP contribution >= 0.6 is 15.9 Å². The minimum Gasteiger partial charge on any atom is -0.389 e. The van der Waals surface area contributed by atoms with Crippen LogP contribution in [-0.2, 0) is 6.54 Å². The molecule has 0 aliphatic carbocycles. The molecule has 186 valence electrons. The molecule has 1 atom stereocenters. The molecule has 6 rings (SSSR count). The third kappa shape index (κ3) is 4.87. The normalized spacial score (nSPS) is 16.7. The van der Waals surface area contributed by atoms with Crippen molar-refractivity contribution in [2.45, 2.75) is 30.9 Å². The molecule has 1 unspecified atom stereocenters. The second-order valence-electron chi connectivity index (χ2n) is 10.2. The predicted octanol–water partition coefficient (Wildman–Crippen LogP) is 6.60. The molecule has 2 N–H and O–H groups in total. The third-order valence-corrected chi connectivity index (χ3v) is 8.25. The Hall–Kier alpha value is -3.25. The summed E-state index contributed by atoms with van der Waals surface area (Å²) in [5.74, 6) is -0.442. The highest BCUT2D eigenvalue weighted by molar-refractivity contribution is 9.10.